The van der Waals surface area contributed by atoms with Gasteiger partial charge >= 0.3 is 0 Å². The molecule has 1 saturated heterocycles. The zero-order valence-electron chi connectivity index (χ0n) is 33.5. The Kier molecular flexibility index (Phi) is 10.6. The van der Waals surface area contributed by atoms with E-state index in [0.29, 0.717) is 40.7 Å². The van der Waals surface area contributed by atoms with E-state index in [-0.39, 0.29) is 23.8 Å². The Balaban J connectivity index is 0.00000143. The molecule has 5 aliphatic rings. The first-order valence-electron chi connectivity index (χ1n) is 20.9. The number of anilines is 4. The van der Waals surface area contributed by atoms with Gasteiger partial charge in [-0.05, 0) is 104 Å². The number of nitrogens with one attached hydrogen (secondary N) is 4. The third-order valence-electron chi connectivity index (χ3n) is 12.5. The molecule has 4 N–H and O–H groups in total. The summed E-state index contributed by atoms with van der Waals surface area (Å²) in [6.45, 7) is 0.742. The Morgan fingerprint density at radius 1 is 0.949 bits per heavy atom. The first-order valence-corrected chi connectivity index (χ1v) is 21.3. The summed E-state index contributed by atoms with van der Waals surface area (Å²) in [5.41, 5.74) is 8.05. The van der Waals surface area contributed by atoms with E-state index in [2.05, 4.69) is 49.4 Å². The van der Waals surface area contributed by atoms with Crippen molar-refractivity contribution >= 4 is 57.8 Å². The van der Waals surface area contributed by atoms with Gasteiger partial charge in [0.25, 0.3) is 5.91 Å². The van der Waals surface area contributed by atoms with Gasteiger partial charge in [-0.2, -0.15) is 0 Å². The molecule has 14 heteroatoms. The standard InChI is InChI=1S/C42H44ClN9O4.C3H6/c1-44-34-19-37(50-52-36(41(55)45-2)23-47-39(34)52)51-17-14-29-28(4-3-5-35(29)51)33-10-7-26(22-46-33)56-27-20-42(21-27)15-12-24(13-16-42)48-25-6-9-32(43)31(18-25)30-8-11-38(53)49-40(30)54;1-2-3-1/h3-7,9-10,18-19,22-24,27,30,44,48H,8,11-17,20-21H2,1-2H3,(H,45,55)(H,49,53,54);1-3H2. The van der Waals surface area contributed by atoms with Gasteiger partial charge in [0.1, 0.15) is 5.75 Å². The molecule has 3 saturated carbocycles. The Hall–Kier alpha value is -5.69. The molecule has 1 atom stereocenters. The summed E-state index contributed by atoms with van der Waals surface area (Å²) in [6, 6.07) is 18.5. The Morgan fingerprint density at radius 3 is 2.47 bits per heavy atom. The molecule has 3 aliphatic carbocycles. The summed E-state index contributed by atoms with van der Waals surface area (Å²) in [4.78, 5) is 48.2. The number of imide groups is 1. The van der Waals surface area contributed by atoms with Gasteiger partial charge in [0.15, 0.2) is 17.2 Å². The third kappa shape index (κ3) is 7.92. The first kappa shape index (κ1) is 38.8. The molecular weight excluding hydrogens is 766 g/mol. The molecule has 1 spiro atoms. The minimum absolute atomic E-state index is 0.181. The van der Waals surface area contributed by atoms with Crippen LogP contribution in [0.3, 0.4) is 0 Å². The van der Waals surface area contributed by atoms with Crippen LogP contribution in [0.5, 0.6) is 5.75 Å². The van der Waals surface area contributed by atoms with Crippen molar-refractivity contribution in [2.75, 3.05) is 36.2 Å². The molecule has 306 valence electrons. The number of halogens is 1. The Morgan fingerprint density at radius 2 is 1.76 bits per heavy atom. The lowest BCUT2D eigenvalue weighted by molar-refractivity contribution is -0.134. The molecule has 3 amide bonds. The predicted molar refractivity (Wildman–Crippen MR) is 229 cm³/mol. The van der Waals surface area contributed by atoms with E-state index in [1.165, 1.54) is 24.8 Å². The zero-order valence-corrected chi connectivity index (χ0v) is 34.3. The number of hydrogen-bond donors (Lipinski definition) is 4. The second kappa shape index (κ2) is 16.2. The molecule has 0 bridgehead atoms. The Bertz CT molecular complexity index is 2400. The average Bonchev–Trinajstić information content (AvgIpc) is 3.96. The number of piperidine rings is 1. The van der Waals surface area contributed by atoms with E-state index >= 15 is 0 Å². The molecule has 59 heavy (non-hydrogen) atoms. The van der Waals surface area contributed by atoms with Crippen molar-refractivity contribution in [1.82, 2.24) is 30.2 Å². The highest BCUT2D eigenvalue weighted by atomic mass is 35.5. The molecule has 5 heterocycles. The van der Waals surface area contributed by atoms with Crippen LogP contribution >= 0.6 is 11.6 Å². The summed E-state index contributed by atoms with van der Waals surface area (Å²) in [6.07, 6.45) is 16.2. The lowest BCUT2D eigenvalue weighted by Crippen LogP contribution is -2.47. The number of carbonyl (C=O) groups excluding carboxylic acids is 3. The van der Waals surface area contributed by atoms with E-state index in [4.69, 9.17) is 26.4 Å². The quantitative estimate of drug-likeness (QED) is 0.108. The first-order chi connectivity index (χ1) is 28.7. The fourth-order valence-electron chi connectivity index (χ4n) is 9.17. The average molecular weight is 816 g/mol. The number of imidazole rings is 1. The minimum atomic E-state index is -0.409. The van der Waals surface area contributed by atoms with Crippen molar-refractivity contribution in [3.05, 3.63) is 88.8 Å². The molecule has 1 unspecified atom stereocenters. The number of pyridine rings is 1. The lowest BCUT2D eigenvalue weighted by Gasteiger charge is -2.51. The smallest absolute Gasteiger partial charge is 0.271 e. The molecule has 4 fully saturated rings. The summed E-state index contributed by atoms with van der Waals surface area (Å²) in [7, 11) is 3.43. The molecule has 13 nitrogen and oxygen atoms in total. The van der Waals surface area contributed by atoms with E-state index in [1.54, 1.807) is 17.8 Å². The van der Waals surface area contributed by atoms with Crippen LogP contribution in [0.4, 0.5) is 22.9 Å². The Labute approximate surface area is 348 Å². The summed E-state index contributed by atoms with van der Waals surface area (Å²) >= 11 is 6.50. The van der Waals surface area contributed by atoms with Crippen LogP contribution in [0, 0.1) is 5.41 Å². The van der Waals surface area contributed by atoms with Crippen molar-refractivity contribution in [2.24, 2.45) is 5.41 Å². The highest BCUT2D eigenvalue weighted by Gasteiger charge is 2.47. The maximum atomic E-state index is 12.5. The number of nitrogens with zero attached hydrogens (tertiary/aromatic N) is 5. The lowest BCUT2D eigenvalue weighted by atomic mass is 9.58. The van der Waals surface area contributed by atoms with Crippen LogP contribution in [0.1, 0.15) is 98.2 Å². The SMILES string of the molecule is C1CC1.CNC(=O)c1cnc2c(NC)cc(N3CCc4c(-c5ccc(OC6CC7(CCC(Nc8ccc(Cl)c(C9CCC(=O)NC9=O)c8)CC7)C6)cn5)cccc43)nn12. The molecule has 5 aromatic rings. The van der Waals surface area contributed by atoms with Crippen LogP contribution < -0.4 is 30.9 Å². The fourth-order valence-corrected chi connectivity index (χ4v) is 9.42. The van der Waals surface area contributed by atoms with Gasteiger partial charge in [0.05, 0.1) is 35.8 Å². The summed E-state index contributed by atoms with van der Waals surface area (Å²) in [5, 5.41) is 17.4. The topological polar surface area (TPSA) is 155 Å². The van der Waals surface area contributed by atoms with E-state index < -0.39 is 5.92 Å². The van der Waals surface area contributed by atoms with Crippen LogP contribution in [0.2, 0.25) is 5.02 Å². The number of ether oxygens (including phenoxy) is 1. The summed E-state index contributed by atoms with van der Waals surface area (Å²) in [5.74, 6) is 0.353. The predicted octanol–water partition coefficient (Wildman–Crippen LogP) is 7.81. The van der Waals surface area contributed by atoms with Crippen LogP contribution in [-0.4, -0.2) is 70.1 Å². The number of fused-ring (bicyclic) bond motifs is 2. The van der Waals surface area contributed by atoms with Crippen molar-refractivity contribution in [1.29, 1.82) is 0 Å². The van der Waals surface area contributed by atoms with Crippen molar-refractivity contribution < 1.29 is 19.1 Å². The molecular formula is C45H50ClN9O4. The maximum absolute atomic E-state index is 12.5. The fraction of sp³-hybridized carbons (Fsp3) is 0.422. The van der Waals surface area contributed by atoms with Gasteiger partial charge in [0, 0.05) is 61.1 Å². The van der Waals surface area contributed by atoms with Gasteiger partial charge in [-0.1, -0.05) is 43.0 Å². The number of aromatic nitrogens is 4. The molecule has 2 aromatic carbocycles. The largest absolute Gasteiger partial charge is 0.489 e. The number of hydrogen-bond acceptors (Lipinski definition) is 10. The monoisotopic (exact) mass is 815 g/mol. The van der Waals surface area contributed by atoms with Crippen molar-refractivity contribution in [3.8, 4) is 17.0 Å². The molecule has 3 aromatic heterocycles. The van der Waals surface area contributed by atoms with Gasteiger partial charge in [-0.15, -0.1) is 5.10 Å². The van der Waals surface area contributed by atoms with E-state index in [1.807, 2.05) is 49.6 Å². The summed E-state index contributed by atoms with van der Waals surface area (Å²) < 4.78 is 8.04. The molecule has 10 rings (SSSR count). The van der Waals surface area contributed by atoms with E-state index in [0.717, 1.165) is 96.9 Å². The van der Waals surface area contributed by atoms with Gasteiger partial charge in [-0.25, -0.2) is 9.50 Å². The number of benzene rings is 2. The van der Waals surface area contributed by atoms with E-state index in [9.17, 15) is 14.4 Å². The van der Waals surface area contributed by atoms with Crippen LogP contribution in [-0.2, 0) is 16.0 Å². The highest BCUT2D eigenvalue weighted by molar-refractivity contribution is 6.31. The highest BCUT2D eigenvalue weighted by Crippen LogP contribution is 2.53. The van der Waals surface area contributed by atoms with Crippen molar-refractivity contribution in [3.63, 3.8) is 0 Å². The number of carbonyl (C=O) groups is 3. The molecule has 0 radical (unpaired) electrons. The van der Waals surface area contributed by atoms with Gasteiger partial charge in [0.2, 0.25) is 11.8 Å². The normalized spacial score (nSPS) is 23.1. The number of amides is 3. The van der Waals surface area contributed by atoms with Crippen LogP contribution in [0.15, 0.2) is 67.0 Å². The van der Waals surface area contributed by atoms with Crippen molar-refractivity contribution in [2.45, 2.75) is 95.1 Å². The second-order valence-corrected chi connectivity index (χ2v) is 17.0. The maximum Gasteiger partial charge on any atom is 0.271 e. The van der Waals surface area contributed by atoms with Gasteiger partial charge in [-0.3, -0.25) is 24.7 Å². The number of rotatable bonds is 9. The van der Waals surface area contributed by atoms with Gasteiger partial charge < -0.3 is 25.6 Å². The molecule has 2 aliphatic heterocycles. The second-order valence-electron chi connectivity index (χ2n) is 16.6. The third-order valence-corrected chi connectivity index (χ3v) is 12.8. The van der Waals surface area contributed by atoms with Crippen LogP contribution in [0.25, 0.3) is 16.9 Å². The zero-order chi connectivity index (χ0) is 40.7. The minimum Gasteiger partial charge on any atom is -0.489 e.